The minimum atomic E-state index is -0.436. The zero-order valence-corrected chi connectivity index (χ0v) is 10.3. The number of nitrogen functional groups attached to an aromatic ring is 1. The van der Waals surface area contributed by atoms with Crippen LogP contribution in [0.2, 0.25) is 0 Å². The monoisotopic (exact) mass is 251 g/mol. The van der Waals surface area contributed by atoms with Gasteiger partial charge in [0.25, 0.3) is 0 Å². The van der Waals surface area contributed by atoms with Crippen LogP contribution in [0.1, 0.15) is 22.3 Å². The molecule has 1 heterocycles. The number of benzene rings is 1. The molecule has 0 bridgehead atoms. The van der Waals surface area contributed by atoms with Gasteiger partial charge in [-0.2, -0.15) is 0 Å². The van der Waals surface area contributed by atoms with Gasteiger partial charge in [0.2, 0.25) is 0 Å². The molecule has 5 nitrogen and oxygen atoms in total. The van der Waals surface area contributed by atoms with Gasteiger partial charge in [0.05, 0.1) is 32.0 Å². The van der Waals surface area contributed by atoms with Crippen LogP contribution in [0.3, 0.4) is 0 Å². The summed E-state index contributed by atoms with van der Waals surface area (Å²) in [5, 5.41) is 0. The zero-order valence-electron chi connectivity index (χ0n) is 10.3. The van der Waals surface area contributed by atoms with Crippen molar-refractivity contribution in [2.45, 2.75) is 19.1 Å². The summed E-state index contributed by atoms with van der Waals surface area (Å²) in [4.78, 5) is 11.7. The number of carbonyl (C=O) groups excluding carboxylic acids is 1. The van der Waals surface area contributed by atoms with Crippen molar-refractivity contribution < 1.29 is 19.0 Å². The largest absolute Gasteiger partial charge is 0.465 e. The third kappa shape index (κ3) is 2.80. The topological polar surface area (TPSA) is 70.8 Å². The van der Waals surface area contributed by atoms with E-state index in [9.17, 15) is 4.79 Å². The van der Waals surface area contributed by atoms with Gasteiger partial charge in [-0.1, -0.05) is 12.1 Å². The number of nitrogens with two attached hydrogens (primary N) is 1. The minimum Gasteiger partial charge on any atom is -0.465 e. The highest BCUT2D eigenvalue weighted by atomic mass is 16.5. The summed E-state index contributed by atoms with van der Waals surface area (Å²) in [7, 11) is 1.34. The van der Waals surface area contributed by atoms with Crippen LogP contribution in [0.25, 0.3) is 0 Å². The summed E-state index contributed by atoms with van der Waals surface area (Å²) in [6, 6.07) is 5.29. The third-order valence-electron chi connectivity index (χ3n) is 2.93. The van der Waals surface area contributed by atoms with E-state index in [1.54, 1.807) is 12.1 Å². The standard InChI is InChI=1S/C13H17NO4/c1-16-13(15)12-9(3-2-4-11(12)14)7-18-10-5-6-17-8-10/h2-4,10H,5-8,14H2,1H3. The molecule has 1 aliphatic heterocycles. The van der Waals surface area contributed by atoms with Crippen molar-refractivity contribution in [2.75, 3.05) is 26.1 Å². The van der Waals surface area contributed by atoms with Crippen LogP contribution in [0.4, 0.5) is 5.69 Å². The van der Waals surface area contributed by atoms with Crippen LogP contribution in [0, 0.1) is 0 Å². The van der Waals surface area contributed by atoms with Crippen LogP contribution in [-0.2, 0) is 20.8 Å². The molecule has 0 spiro atoms. The molecule has 1 aromatic rings. The van der Waals surface area contributed by atoms with E-state index < -0.39 is 5.97 Å². The van der Waals surface area contributed by atoms with Crippen molar-refractivity contribution in [1.82, 2.24) is 0 Å². The third-order valence-corrected chi connectivity index (χ3v) is 2.93. The van der Waals surface area contributed by atoms with E-state index >= 15 is 0 Å². The fraction of sp³-hybridized carbons (Fsp3) is 0.462. The Labute approximate surface area is 106 Å². The second-order valence-electron chi connectivity index (χ2n) is 4.17. The molecule has 0 amide bonds. The first-order chi connectivity index (χ1) is 8.72. The Balaban J connectivity index is 2.11. The fourth-order valence-corrected chi connectivity index (χ4v) is 1.94. The van der Waals surface area contributed by atoms with Gasteiger partial charge in [-0.05, 0) is 18.1 Å². The zero-order chi connectivity index (χ0) is 13.0. The molecule has 18 heavy (non-hydrogen) atoms. The Morgan fingerprint density at radius 2 is 2.39 bits per heavy atom. The van der Waals surface area contributed by atoms with Crippen molar-refractivity contribution in [3.8, 4) is 0 Å². The Morgan fingerprint density at radius 3 is 3.06 bits per heavy atom. The van der Waals surface area contributed by atoms with Crippen LogP contribution < -0.4 is 5.73 Å². The quantitative estimate of drug-likeness (QED) is 0.646. The average molecular weight is 251 g/mol. The van der Waals surface area contributed by atoms with E-state index in [1.807, 2.05) is 6.07 Å². The second kappa shape index (κ2) is 5.84. The molecule has 0 saturated carbocycles. The lowest BCUT2D eigenvalue weighted by atomic mass is 10.1. The molecule has 1 fully saturated rings. The Morgan fingerprint density at radius 1 is 1.56 bits per heavy atom. The van der Waals surface area contributed by atoms with Crippen molar-refractivity contribution in [3.63, 3.8) is 0 Å². The predicted molar refractivity (Wildman–Crippen MR) is 66.2 cm³/mol. The van der Waals surface area contributed by atoms with Gasteiger partial charge >= 0.3 is 5.97 Å². The van der Waals surface area contributed by atoms with Crippen molar-refractivity contribution in [3.05, 3.63) is 29.3 Å². The molecule has 1 unspecified atom stereocenters. The lowest BCUT2D eigenvalue weighted by molar-refractivity contribution is 0.0306. The normalized spacial score (nSPS) is 18.8. The van der Waals surface area contributed by atoms with Gasteiger partial charge in [-0.3, -0.25) is 0 Å². The van der Waals surface area contributed by atoms with Gasteiger partial charge in [0.15, 0.2) is 0 Å². The summed E-state index contributed by atoms with van der Waals surface area (Å²) in [5.41, 5.74) is 7.34. The Kier molecular flexibility index (Phi) is 4.17. The van der Waals surface area contributed by atoms with E-state index in [1.165, 1.54) is 7.11 Å². The molecule has 2 N–H and O–H groups in total. The van der Waals surface area contributed by atoms with Gasteiger partial charge in [-0.25, -0.2) is 4.79 Å². The predicted octanol–water partition coefficient (Wildman–Crippen LogP) is 1.36. The van der Waals surface area contributed by atoms with Crippen LogP contribution in [0.15, 0.2) is 18.2 Å². The summed E-state index contributed by atoms with van der Waals surface area (Å²) in [6.07, 6.45) is 0.979. The number of hydrogen-bond acceptors (Lipinski definition) is 5. The lowest BCUT2D eigenvalue weighted by Gasteiger charge is -2.13. The number of carbonyl (C=O) groups is 1. The van der Waals surface area contributed by atoms with E-state index in [0.717, 1.165) is 18.6 Å². The summed E-state index contributed by atoms with van der Waals surface area (Å²) < 4.78 is 15.6. The maximum atomic E-state index is 11.7. The van der Waals surface area contributed by atoms with E-state index in [0.29, 0.717) is 24.5 Å². The molecule has 1 aliphatic rings. The van der Waals surface area contributed by atoms with Crippen molar-refractivity contribution in [2.24, 2.45) is 0 Å². The molecular formula is C13H17NO4. The average Bonchev–Trinajstić information content (AvgIpc) is 2.88. The summed E-state index contributed by atoms with van der Waals surface area (Å²) in [5.74, 6) is -0.436. The minimum absolute atomic E-state index is 0.0944. The second-order valence-corrected chi connectivity index (χ2v) is 4.17. The number of hydrogen-bond donors (Lipinski definition) is 1. The van der Waals surface area contributed by atoms with Gasteiger partial charge in [0.1, 0.15) is 0 Å². The maximum absolute atomic E-state index is 11.7. The first-order valence-corrected chi connectivity index (χ1v) is 5.87. The number of rotatable bonds is 4. The van der Waals surface area contributed by atoms with Gasteiger partial charge in [-0.15, -0.1) is 0 Å². The lowest BCUT2D eigenvalue weighted by Crippen LogP contribution is -2.15. The molecular weight excluding hydrogens is 234 g/mol. The molecule has 0 radical (unpaired) electrons. The fourth-order valence-electron chi connectivity index (χ4n) is 1.94. The smallest absolute Gasteiger partial charge is 0.340 e. The summed E-state index contributed by atoms with van der Waals surface area (Å²) in [6.45, 7) is 1.67. The van der Waals surface area contributed by atoms with Gasteiger partial charge in [0, 0.05) is 12.3 Å². The van der Waals surface area contributed by atoms with Crippen LogP contribution in [0.5, 0.6) is 0 Å². The first-order valence-electron chi connectivity index (χ1n) is 5.87. The van der Waals surface area contributed by atoms with E-state index in [2.05, 4.69) is 0 Å². The van der Waals surface area contributed by atoms with Gasteiger partial charge < -0.3 is 19.9 Å². The highest BCUT2D eigenvalue weighted by molar-refractivity contribution is 5.96. The highest BCUT2D eigenvalue weighted by Gasteiger charge is 2.19. The maximum Gasteiger partial charge on any atom is 0.340 e. The van der Waals surface area contributed by atoms with Crippen LogP contribution >= 0.6 is 0 Å². The molecule has 1 saturated heterocycles. The highest BCUT2D eigenvalue weighted by Crippen LogP contribution is 2.20. The molecule has 0 aliphatic carbocycles. The Hall–Kier alpha value is -1.59. The van der Waals surface area contributed by atoms with E-state index in [-0.39, 0.29) is 6.10 Å². The van der Waals surface area contributed by atoms with E-state index in [4.69, 9.17) is 19.9 Å². The molecule has 2 rings (SSSR count). The molecule has 0 aromatic heterocycles. The SMILES string of the molecule is COC(=O)c1c(N)cccc1COC1CCOC1. The van der Waals surface area contributed by atoms with Crippen LogP contribution in [-0.4, -0.2) is 32.4 Å². The summed E-state index contributed by atoms with van der Waals surface area (Å²) >= 11 is 0. The first kappa shape index (κ1) is 12.9. The number of esters is 1. The molecule has 1 aromatic carbocycles. The molecule has 1 atom stereocenters. The number of ether oxygens (including phenoxy) is 3. The molecule has 98 valence electrons. The van der Waals surface area contributed by atoms with Crippen molar-refractivity contribution >= 4 is 11.7 Å². The number of anilines is 1. The molecule has 5 heteroatoms. The Bertz CT molecular complexity index is 427. The van der Waals surface area contributed by atoms with Crippen molar-refractivity contribution in [1.29, 1.82) is 0 Å². The number of methoxy groups -OCH3 is 1.